The van der Waals surface area contributed by atoms with Crippen molar-refractivity contribution < 1.29 is 0 Å². The molecule has 1 saturated heterocycles. The molecule has 1 heterocycles. The van der Waals surface area contributed by atoms with Gasteiger partial charge in [-0.3, -0.25) is 4.99 Å². The second-order valence-electron chi connectivity index (χ2n) is 5.98. The van der Waals surface area contributed by atoms with Crippen LogP contribution in [0.1, 0.15) is 19.3 Å². The molecule has 0 bridgehead atoms. The van der Waals surface area contributed by atoms with Crippen LogP contribution in [-0.2, 0) is 0 Å². The number of guanidine groups is 1. The first-order valence-corrected chi connectivity index (χ1v) is 7.57. The summed E-state index contributed by atoms with van der Waals surface area (Å²) in [7, 11) is 2.06. The number of rotatable bonds is 4. The van der Waals surface area contributed by atoms with Crippen LogP contribution in [0.25, 0.3) is 0 Å². The molecule has 1 aliphatic carbocycles. The molecule has 1 aliphatic heterocycles. The van der Waals surface area contributed by atoms with E-state index in [2.05, 4.69) is 52.2 Å². The Bertz CT molecular complexity index is 472. The Balaban J connectivity index is 0.00000161. The molecule has 1 unspecified atom stereocenters. The Labute approximate surface area is 144 Å². The van der Waals surface area contributed by atoms with Crippen LogP contribution in [0, 0.1) is 5.92 Å². The van der Waals surface area contributed by atoms with Crippen LogP contribution < -0.4 is 10.6 Å². The quantitative estimate of drug-likeness (QED) is 0.480. The van der Waals surface area contributed by atoms with E-state index in [0.29, 0.717) is 17.9 Å². The van der Waals surface area contributed by atoms with Gasteiger partial charge in [-0.05, 0) is 37.3 Å². The number of nitrogens with two attached hydrogens (primary N) is 1. The highest BCUT2D eigenvalue weighted by molar-refractivity contribution is 14.0. The van der Waals surface area contributed by atoms with Crippen molar-refractivity contribution in [1.82, 2.24) is 4.90 Å². The standard InChI is InChI=1S/C16H24N4.HI/c1-19(14-7-8-14)16(17)18-11-13-9-10-20(12-13)15-5-3-2-4-6-15;/h2-6,13-14H,7-12H2,1H3,(H2,17,18);1H. The lowest BCUT2D eigenvalue weighted by Gasteiger charge is -2.19. The van der Waals surface area contributed by atoms with Crippen LogP contribution in [-0.4, -0.2) is 43.6 Å². The minimum absolute atomic E-state index is 0. The summed E-state index contributed by atoms with van der Waals surface area (Å²) in [5.74, 6) is 1.34. The summed E-state index contributed by atoms with van der Waals surface area (Å²) in [4.78, 5) is 9.16. The number of nitrogens with zero attached hydrogens (tertiary/aromatic N) is 3. The fraction of sp³-hybridized carbons (Fsp3) is 0.562. The number of para-hydroxylation sites is 1. The van der Waals surface area contributed by atoms with Gasteiger partial charge in [-0.15, -0.1) is 24.0 Å². The number of aliphatic imine (C=N–C) groups is 1. The molecule has 21 heavy (non-hydrogen) atoms. The molecule has 0 aromatic heterocycles. The second kappa shape index (κ2) is 7.33. The topological polar surface area (TPSA) is 44.9 Å². The van der Waals surface area contributed by atoms with Gasteiger partial charge in [-0.2, -0.15) is 0 Å². The summed E-state index contributed by atoms with van der Waals surface area (Å²) in [6, 6.07) is 11.3. The number of hydrogen-bond acceptors (Lipinski definition) is 2. The summed E-state index contributed by atoms with van der Waals surface area (Å²) < 4.78 is 0. The summed E-state index contributed by atoms with van der Waals surface area (Å²) in [6.07, 6.45) is 3.73. The summed E-state index contributed by atoms with van der Waals surface area (Å²) in [5.41, 5.74) is 7.37. The molecule has 1 atom stereocenters. The second-order valence-corrected chi connectivity index (χ2v) is 5.98. The maximum atomic E-state index is 6.04. The van der Waals surface area contributed by atoms with Crippen molar-refractivity contribution in [3.63, 3.8) is 0 Å². The van der Waals surface area contributed by atoms with Gasteiger partial charge in [0.05, 0.1) is 0 Å². The molecular weight excluding hydrogens is 375 g/mol. The molecule has 2 fully saturated rings. The van der Waals surface area contributed by atoms with Crippen molar-refractivity contribution in [1.29, 1.82) is 0 Å². The van der Waals surface area contributed by atoms with Crippen molar-refractivity contribution in [2.45, 2.75) is 25.3 Å². The Morgan fingerprint density at radius 2 is 2.00 bits per heavy atom. The maximum absolute atomic E-state index is 6.04. The van der Waals surface area contributed by atoms with E-state index in [1.165, 1.54) is 24.9 Å². The SMILES string of the molecule is CN(C(N)=NCC1CCN(c2ccccc2)C1)C1CC1.I. The molecule has 2 N–H and O–H groups in total. The lowest BCUT2D eigenvalue weighted by Crippen LogP contribution is -2.36. The molecular formula is C16H25IN4. The first kappa shape index (κ1) is 16.4. The normalized spacial score (nSPS) is 22.0. The summed E-state index contributed by atoms with van der Waals surface area (Å²) >= 11 is 0. The third kappa shape index (κ3) is 4.25. The van der Waals surface area contributed by atoms with E-state index in [9.17, 15) is 0 Å². The largest absolute Gasteiger partial charge is 0.371 e. The molecule has 3 rings (SSSR count). The van der Waals surface area contributed by atoms with Crippen molar-refractivity contribution in [3.8, 4) is 0 Å². The average molecular weight is 400 g/mol. The van der Waals surface area contributed by atoms with Crippen molar-refractivity contribution in [2.24, 2.45) is 16.6 Å². The van der Waals surface area contributed by atoms with E-state index >= 15 is 0 Å². The highest BCUT2D eigenvalue weighted by atomic mass is 127. The van der Waals surface area contributed by atoms with Gasteiger partial charge < -0.3 is 15.5 Å². The molecule has 116 valence electrons. The van der Waals surface area contributed by atoms with Gasteiger partial charge in [0, 0.05) is 38.4 Å². The van der Waals surface area contributed by atoms with Crippen molar-refractivity contribution >= 4 is 35.6 Å². The minimum Gasteiger partial charge on any atom is -0.371 e. The fourth-order valence-corrected chi connectivity index (χ4v) is 2.84. The molecule has 4 nitrogen and oxygen atoms in total. The zero-order valence-electron chi connectivity index (χ0n) is 12.6. The van der Waals surface area contributed by atoms with Crippen LogP contribution in [0.2, 0.25) is 0 Å². The maximum Gasteiger partial charge on any atom is 0.191 e. The van der Waals surface area contributed by atoms with Crippen LogP contribution >= 0.6 is 24.0 Å². The Kier molecular flexibility index (Phi) is 5.72. The minimum atomic E-state index is 0. The van der Waals surface area contributed by atoms with E-state index in [1.807, 2.05) is 0 Å². The zero-order chi connectivity index (χ0) is 13.9. The van der Waals surface area contributed by atoms with Crippen LogP contribution in [0.15, 0.2) is 35.3 Å². The van der Waals surface area contributed by atoms with E-state index in [4.69, 9.17) is 5.73 Å². The predicted molar refractivity (Wildman–Crippen MR) is 99.5 cm³/mol. The van der Waals surface area contributed by atoms with E-state index in [0.717, 1.165) is 19.6 Å². The van der Waals surface area contributed by atoms with Gasteiger partial charge in [0.2, 0.25) is 0 Å². The van der Waals surface area contributed by atoms with Crippen LogP contribution in [0.5, 0.6) is 0 Å². The Morgan fingerprint density at radius 1 is 1.29 bits per heavy atom. The average Bonchev–Trinajstić information content (AvgIpc) is 3.23. The lowest BCUT2D eigenvalue weighted by molar-refractivity contribution is 0.482. The summed E-state index contributed by atoms with van der Waals surface area (Å²) in [6.45, 7) is 3.07. The smallest absolute Gasteiger partial charge is 0.191 e. The van der Waals surface area contributed by atoms with Gasteiger partial charge in [0.25, 0.3) is 0 Å². The van der Waals surface area contributed by atoms with E-state index in [-0.39, 0.29) is 24.0 Å². The van der Waals surface area contributed by atoms with Gasteiger partial charge in [-0.25, -0.2) is 0 Å². The number of benzene rings is 1. The molecule has 0 radical (unpaired) electrons. The molecule has 2 aliphatic rings. The highest BCUT2D eigenvalue weighted by Gasteiger charge is 2.28. The van der Waals surface area contributed by atoms with Gasteiger partial charge in [0.1, 0.15) is 0 Å². The van der Waals surface area contributed by atoms with E-state index < -0.39 is 0 Å². The Hall–Kier alpha value is -0.980. The third-order valence-corrected chi connectivity index (χ3v) is 4.37. The first-order chi connectivity index (χ1) is 9.74. The zero-order valence-corrected chi connectivity index (χ0v) is 14.9. The molecule has 0 amide bonds. The summed E-state index contributed by atoms with van der Waals surface area (Å²) in [5, 5.41) is 0. The molecule has 1 aromatic rings. The molecule has 5 heteroatoms. The van der Waals surface area contributed by atoms with Crippen LogP contribution in [0.3, 0.4) is 0 Å². The van der Waals surface area contributed by atoms with Crippen LogP contribution in [0.4, 0.5) is 5.69 Å². The van der Waals surface area contributed by atoms with Crippen molar-refractivity contribution in [3.05, 3.63) is 30.3 Å². The fourth-order valence-electron chi connectivity index (χ4n) is 2.84. The van der Waals surface area contributed by atoms with E-state index in [1.54, 1.807) is 0 Å². The van der Waals surface area contributed by atoms with Gasteiger partial charge in [0.15, 0.2) is 5.96 Å². The Morgan fingerprint density at radius 3 is 2.67 bits per heavy atom. The highest BCUT2D eigenvalue weighted by Crippen LogP contribution is 2.26. The third-order valence-electron chi connectivity index (χ3n) is 4.37. The number of hydrogen-bond donors (Lipinski definition) is 1. The first-order valence-electron chi connectivity index (χ1n) is 7.57. The molecule has 1 saturated carbocycles. The molecule has 1 aromatic carbocycles. The number of halogens is 1. The molecule has 0 spiro atoms. The lowest BCUT2D eigenvalue weighted by atomic mass is 10.1. The predicted octanol–water partition coefficient (Wildman–Crippen LogP) is 2.54. The van der Waals surface area contributed by atoms with Gasteiger partial charge >= 0.3 is 0 Å². The van der Waals surface area contributed by atoms with Crippen molar-refractivity contribution in [2.75, 3.05) is 31.6 Å². The van der Waals surface area contributed by atoms with Gasteiger partial charge in [-0.1, -0.05) is 18.2 Å². The number of anilines is 1. The monoisotopic (exact) mass is 400 g/mol.